The Balaban J connectivity index is 1.75. The molecule has 0 atom stereocenters. The van der Waals surface area contributed by atoms with E-state index < -0.39 is 5.91 Å². The summed E-state index contributed by atoms with van der Waals surface area (Å²) >= 11 is 0. The summed E-state index contributed by atoms with van der Waals surface area (Å²) in [6, 6.07) is 16.3. The predicted molar refractivity (Wildman–Crippen MR) is 91.9 cm³/mol. The first-order chi connectivity index (χ1) is 11.7. The lowest BCUT2D eigenvalue weighted by molar-refractivity contribution is 0.0949. The van der Waals surface area contributed by atoms with Crippen LogP contribution in [0.25, 0.3) is 11.3 Å². The van der Waals surface area contributed by atoms with E-state index in [1.807, 2.05) is 37.3 Å². The molecule has 1 amide bonds. The van der Waals surface area contributed by atoms with Gasteiger partial charge in [-0.1, -0.05) is 42.5 Å². The quantitative estimate of drug-likeness (QED) is 0.510. The van der Waals surface area contributed by atoms with Gasteiger partial charge >= 0.3 is 0 Å². The zero-order valence-corrected chi connectivity index (χ0v) is 13.0. The molecule has 0 saturated heterocycles. The van der Waals surface area contributed by atoms with Gasteiger partial charge in [0, 0.05) is 16.7 Å². The average molecular weight is 320 g/mol. The van der Waals surface area contributed by atoms with Crippen molar-refractivity contribution in [2.24, 2.45) is 5.10 Å². The summed E-state index contributed by atoms with van der Waals surface area (Å²) in [7, 11) is 0. The van der Waals surface area contributed by atoms with Crippen LogP contribution in [0.15, 0.2) is 59.7 Å². The van der Waals surface area contributed by atoms with E-state index in [1.54, 1.807) is 24.3 Å². The molecule has 6 heteroatoms. The fraction of sp³-hybridized carbons (Fsp3) is 0.0556. The van der Waals surface area contributed by atoms with E-state index in [1.165, 1.54) is 6.21 Å². The van der Waals surface area contributed by atoms with E-state index in [4.69, 9.17) is 0 Å². The van der Waals surface area contributed by atoms with Crippen molar-refractivity contribution in [3.8, 4) is 17.0 Å². The zero-order chi connectivity index (χ0) is 16.9. The fourth-order valence-corrected chi connectivity index (χ4v) is 2.31. The molecule has 0 aliphatic carbocycles. The molecular weight excluding hydrogens is 304 g/mol. The van der Waals surface area contributed by atoms with Crippen molar-refractivity contribution in [1.82, 2.24) is 15.6 Å². The van der Waals surface area contributed by atoms with Gasteiger partial charge in [-0.15, -0.1) is 0 Å². The second kappa shape index (κ2) is 6.78. The first-order valence-corrected chi connectivity index (χ1v) is 7.38. The number of hydrazone groups is 1. The summed E-state index contributed by atoms with van der Waals surface area (Å²) in [5, 5.41) is 20.5. The number of rotatable bonds is 4. The third-order valence-electron chi connectivity index (χ3n) is 3.59. The smallest absolute Gasteiger partial charge is 0.289 e. The lowest BCUT2D eigenvalue weighted by Crippen LogP contribution is -2.19. The SMILES string of the molecule is Cc1c(-c2ccccc2)n[nH]c1C(=O)NN=Cc1ccccc1O. The Morgan fingerprint density at radius 3 is 2.62 bits per heavy atom. The maximum Gasteiger partial charge on any atom is 0.289 e. The second-order valence-electron chi connectivity index (χ2n) is 5.20. The number of H-pyrrole nitrogens is 1. The first kappa shape index (κ1) is 15.5. The van der Waals surface area contributed by atoms with Crippen LogP contribution in [0.5, 0.6) is 5.75 Å². The molecule has 0 unspecified atom stereocenters. The maximum absolute atomic E-state index is 12.2. The molecule has 24 heavy (non-hydrogen) atoms. The number of nitrogens with zero attached hydrogens (tertiary/aromatic N) is 2. The Morgan fingerprint density at radius 1 is 1.17 bits per heavy atom. The highest BCUT2D eigenvalue weighted by Gasteiger charge is 2.16. The molecule has 0 spiro atoms. The van der Waals surface area contributed by atoms with E-state index in [0.29, 0.717) is 11.3 Å². The normalized spacial score (nSPS) is 10.9. The van der Waals surface area contributed by atoms with E-state index in [0.717, 1.165) is 16.8 Å². The van der Waals surface area contributed by atoms with Gasteiger partial charge in [-0.25, -0.2) is 5.43 Å². The van der Waals surface area contributed by atoms with Gasteiger partial charge in [0.05, 0.1) is 11.9 Å². The molecule has 0 saturated carbocycles. The Morgan fingerprint density at radius 2 is 1.88 bits per heavy atom. The van der Waals surface area contributed by atoms with Crippen LogP contribution in [-0.4, -0.2) is 27.4 Å². The molecule has 2 aromatic carbocycles. The van der Waals surface area contributed by atoms with Gasteiger partial charge in [0.15, 0.2) is 0 Å². The monoisotopic (exact) mass is 320 g/mol. The minimum Gasteiger partial charge on any atom is -0.507 e. The van der Waals surface area contributed by atoms with Crippen LogP contribution < -0.4 is 5.43 Å². The minimum absolute atomic E-state index is 0.0968. The number of carbonyl (C=O) groups excluding carboxylic acids is 1. The van der Waals surface area contributed by atoms with Gasteiger partial charge in [-0.2, -0.15) is 10.2 Å². The van der Waals surface area contributed by atoms with Crippen molar-refractivity contribution >= 4 is 12.1 Å². The van der Waals surface area contributed by atoms with Crippen molar-refractivity contribution < 1.29 is 9.90 Å². The number of hydrogen-bond acceptors (Lipinski definition) is 4. The van der Waals surface area contributed by atoms with Crippen LogP contribution in [0, 0.1) is 6.92 Å². The Hall–Kier alpha value is -3.41. The second-order valence-corrected chi connectivity index (χ2v) is 5.20. The largest absolute Gasteiger partial charge is 0.507 e. The van der Waals surface area contributed by atoms with Crippen molar-refractivity contribution in [1.29, 1.82) is 0 Å². The molecule has 0 radical (unpaired) electrons. The Kier molecular flexibility index (Phi) is 4.38. The third kappa shape index (κ3) is 3.17. The lowest BCUT2D eigenvalue weighted by atomic mass is 10.1. The van der Waals surface area contributed by atoms with Gasteiger partial charge < -0.3 is 5.11 Å². The van der Waals surface area contributed by atoms with Crippen LogP contribution in [-0.2, 0) is 0 Å². The van der Waals surface area contributed by atoms with Crippen LogP contribution in [0.3, 0.4) is 0 Å². The number of aromatic amines is 1. The maximum atomic E-state index is 12.2. The summed E-state index contributed by atoms with van der Waals surface area (Å²) in [4.78, 5) is 12.2. The highest BCUT2D eigenvalue weighted by Crippen LogP contribution is 2.22. The highest BCUT2D eigenvalue weighted by atomic mass is 16.3. The van der Waals surface area contributed by atoms with E-state index in [-0.39, 0.29) is 5.75 Å². The summed E-state index contributed by atoms with van der Waals surface area (Å²) < 4.78 is 0. The molecule has 6 nitrogen and oxygen atoms in total. The van der Waals surface area contributed by atoms with Gasteiger partial charge in [0.25, 0.3) is 5.91 Å². The minimum atomic E-state index is -0.395. The first-order valence-electron chi connectivity index (χ1n) is 7.38. The third-order valence-corrected chi connectivity index (χ3v) is 3.59. The number of phenolic OH excluding ortho intramolecular Hbond substituents is 1. The number of amides is 1. The lowest BCUT2D eigenvalue weighted by Gasteiger charge is -2.00. The van der Waals surface area contributed by atoms with E-state index >= 15 is 0 Å². The molecule has 0 aliphatic heterocycles. The standard InChI is InChI=1S/C18H16N4O2/c1-12-16(13-7-3-2-4-8-13)20-21-17(12)18(24)22-19-11-14-9-5-6-10-15(14)23/h2-11,23H,1H3,(H,20,21)(H,22,24). The van der Waals surface area contributed by atoms with Crippen molar-refractivity contribution in [2.45, 2.75) is 6.92 Å². The number of carbonyl (C=O) groups is 1. The van der Waals surface area contributed by atoms with Crippen LogP contribution in [0.4, 0.5) is 0 Å². The van der Waals surface area contributed by atoms with Crippen molar-refractivity contribution in [3.05, 3.63) is 71.4 Å². The summed E-state index contributed by atoms with van der Waals surface area (Å²) in [5.41, 5.74) is 5.70. The Labute approximate surface area is 138 Å². The van der Waals surface area contributed by atoms with E-state index in [2.05, 4.69) is 20.7 Å². The van der Waals surface area contributed by atoms with Gasteiger partial charge in [-0.3, -0.25) is 9.89 Å². The van der Waals surface area contributed by atoms with Crippen LogP contribution in [0.1, 0.15) is 21.6 Å². The van der Waals surface area contributed by atoms with Crippen molar-refractivity contribution in [3.63, 3.8) is 0 Å². The van der Waals surface area contributed by atoms with E-state index in [9.17, 15) is 9.90 Å². The molecule has 3 rings (SSSR count). The molecule has 0 bridgehead atoms. The fourth-order valence-electron chi connectivity index (χ4n) is 2.31. The molecule has 1 aromatic heterocycles. The van der Waals surface area contributed by atoms with Crippen LogP contribution in [0.2, 0.25) is 0 Å². The number of aromatic hydroxyl groups is 1. The number of aromatic nitrogens is 2. The molecule has 120 valence electrons. The summed E-state index contributed by atoms with van der Waals surface area (Å²) in [6.45, 7) is 1.83. The Bertz CT molecular complexity index is 885. The number of benzene rings is 2. The topological polar surface area (TPSA) is 90.4 Å². The predicted octanol–water partition coefficient (Wildman–Crippen LogP) is 2.85. The molecule has 3 aromatic rings. The number of para-hydroxylation sites is 1. The summed E-state index contributed by atoms with van der Waals surface area (Å²) in [5.74, 6) is -0.298. The number of phenols is 1. The molecule has 3 N–H and O–H groups in total. The number of nitrogens with one attached hydrogen (secondary N) is 2. The average Bonchev–Trinajstić information content (AvgIpc) is 2.99. The van der Waals surface area contributed by atoms with Crippen LogP contribution >= 0.6 is 0 Å². The zero-order valence-electron chi connectivity index (χ0n) is 13.0. The van der Waals surface area contributed by atoms with Crippen molar-refractivity contribution in [2.75, 3.05) is 0 Å². The molecule has 1 heterocycles. The molecule has 0 fully saturated rings. The summed E-state index contributed by atoms with van der Waals surface area (Å²) in [6.07, 6.45) is 1.39. The van der Waals surface area contributed by atoms with Gasteiger partial charge in [0.2, 0.25) is 0 Å². The number of hydrogen-bond donors (Lipinski definition) is 3. The molecular formula is C18H16N4O2. The highest BCUT2D eigenvalue weighted by molar-refractivity contribution is 5.96. The van der Waals surface area contributed by atoms with Gasteiger partial charge in [0.1, 0.15) is 11.4 Å². The molecule has 0 aliphatic rings. The van der Waals surface area contributed by atoms with Gasteiger partial charge in [-0.05, 0) is 19.1 Å².